The minimum Gasteiger partial charge on any atom is -0.346 e. The second-order valence-corrected chi connectivity index (χ2v) is 4.40. The van der Waals surface area contributed by atoms with E-state index in [2.05, 4.69) is 5.32 Å². The highest BCUT2D eigenvalue weighted by molar-refractivity contribution is 5.97. The molecule has 0 aliphatic carbocycles. The predicted molar refractivity (Wildman–Crippen MR) is 69.1 cm³/mol. The molecule has 0 unspecified atom stereocenters. The van der Waals surface area contributed by atoms with Gasteiger partial charge in [-0.1, -0.05) is 0 Å². The molecule has 1 aromatic rings. The van der Waals surface area contributed by atoms with E-state index in [1.54, 1.807) is 11.0 Å². The minimum absolute atomic E-state index is 0.0904. The van der Waals surface area contributed by atoms with Gasteiger partial charge in [0.1, 0.15) is 5.82 Å². The molecule has 0 radical (unpaired) electrons. The topological polar surface area (TPSA) is 75.4 Å². The van der Waals surface area contributed by atoms with Crippen molar-refractivity contribution in [3.8, 4) is 0 Å². The van der Waals surface area contributed by atoms with Crippen molar-refractivity contribution in [3.05, 3.63) is 29.6 Å². The number of nitrogens with one attached hydrogen (secondary N) is 1. The second kappa shape index (κ2) is 5.79. The van der Waals surface area contributed by atoms with E-state index in [1.807, 2.05) is 0 Å². The number of nitrogens with zero attached hydrogens (tertiary/aromatic N) is 1. The molecule has 0 atom stereocenters. The van der Waals surface area contributed by atoms with Gasteiger partial charge >= 0.3 is 0 Å². The highest BCUT2D eigenvalue weighted by Crippen LogP contribution is 2.27. The number of nitrogens with two attached hydrogens (primary N) is 1. The Morgan fingerprint density at radius 1 is 1.42 bits per heavy atom. The summed E-state index contributed by atoms with van der Waals surface area (Å²) in [6.45, 7) is 0.345. The smallest absolute Gasteiger partial charge is 0.246 e. The SMILES string of the molecule is NCC(=O)NCC(=O)N1CCCc2cc(F)ccc21. The molecule has 0 aromatic heterocycles. The average Bonchev–Trinajstić information content (AvgIpc) is 2.43. The van der Waals surface area contributed by atoms with E-state index >= 15 is 0 Å². The van der Waals surface area contributed by atoms with Gasteiger partial charge in [0.2, 0.25) is 11.8 Å². The van der Waals surface area contributed by atoms with Crippen LogP contribution in [-0.2, 0) is 16.0 Å². The number of carbonyl (C=O) groups excluding carboxylic acids is 2. The second-order valence-electron chi connectivity index (χ2n) is 4.40. The Labute approximate surface area is 110 Å². The van der Waals surface area contributed by atoms with Gasteiger partial charge in [0.15, 0.2) is 0 Å². The lowest BCUT2D eigenvalue weighted by Gasteiger charge is -2.29. The predicted octanol–water partition coefficient (Wildman–Crippen LogP) is 0.180. The lowest BCUT2D eigenvalue weighted by atomic mass is 10.0. The zero-order valence-corrected chi connectivity index (χ0v) is 10.5. The lowest BCUT2D eigenvalue weighted by molar-refractivity contribution is -0.124. The maximum atomic E-state index is 13.1. The maximum absolute atomic E-state index is 13.1. The molecule has 0 fully saturated rings. The van der Waals surface area contributed by atoms with Crippen molar-refractivity contribution in [2.24, 2.45) is 5.73 Å². The number of rotatable bonds is 3. The van der Waals surface area contributed by atoms with E-state index in [0.29, 0.717) is 6.54 Å². The normalized spacial score (nSPS) is 13.9. The molecular weight excluding hydrogens is 249 g/mol. The molecule has 19 heavy (non-hydrogen) atoms. The van der Waals surface area contributed by atoms with Gasteiger partial charge in [-0.05, 0) is 36.6 Å². The Bertz CT molecular complexity index is 505. The molecule has 2 amide bonds. The van der Waals surface area contributed by atoms with Crippen LogP contribution in [0.15, 0.2) is 18.2 Å². The summed E-state index contributed by atoms with van der Waals surface area (Å²) in [7, 11) is 0. The number of amides is 2. The minimum atomic E-state index is -0.371. The van der Waals surface area contributed by atoms with Crippen molar-refractivity contribution < 1.29 is 14.0 Å². The first kappa shape index (κ1) is 13.5. The molecule has 3 N–H and O–H groups in total. The summed E-state index contributed by atoms with van der Waals surface area (Å²) in [5.41, 5.74) is 6.70. The van der Waals surface area contributed by atoms with Gasteiger partial charge in [-0.2, -0.15) is 0 Å². The summed E-state index contributed by atoms with van der Waals surface area (Å²) in [5, 5.41) is 2.44. The van der Waals surface area contributed by atoms with Crippen LogP contribution in [-0.4, -0.2) is 31.4 Å². The lowest BCUT2D eigenvalue weighted by Crippen LogP contribution is -2.43. The van der Waals surface area contributed by atoms with Crippen LogP contribution in [0.3, 0.4) is 0 Å². The number of anilines is 1. The van der Waals surface area contributed by atoms with Crippen LogP contribution < -0.4 is 16.0 Å². The fourth-order valence-corrected chi connectivity index (χ4v) is 2.17. The van der Waals surface area contributed by atoms with Crippen molar-refractivity contribution >= 4 is 17.5 Å². The molecule has 1 aromatic carbocycles. The monoisotopic (exact) mass is 265 g/mol. The Balaban J connectivity index is 2.10. The van der Waals surface area contributed by atoms with Gasteiger partial charge in [-0.25, -0.2) is 4.39 Å². The summed E-state index contributed by atoms with van der Waals surface area (Å²) in [5.74, 6) is -0.886. The van der Waals surface area contributed by atoms with Gasteiger partial charge < -0.3 is 16.0 Å². The van der Waals surface area contributed by atoms with Crippen LogP contribution >= 0.6 is 0 Å². The molecule has 0 bridgehead atoms. The quantitative estimate of drug-likeness (QED) is 0.818. The highest BCUT2D eigenvalue weighted by Gasteiger charge is 2.22. The van der Waals surface area contributed by atoms with E-state index in [1.165, 1.54) is 12.1 Å². The van der Waals surface area contributed by atoms with Crippen LogP contribution in [0.4, 0.5) is 10.1 Å². The number of fused-ring (bicyclic) bond motifs is 1. The van der Waals surface area contributed by atoms with Crippen LogP contribution in [0, 0.1) is 5.82 Å². The van der Waals surface area contributed by atoms with Gasteiger partial charge in [0.25, 0.3) is 0 Å². The first-order valence-electron chi connectivity index (χ1n) is 6.17. The molecule has 0 spiro atoms. The Morgan fingerprint density at radius 3 is 2.95 bits per heavy atom. The third kappa shape index (κ3) is 3.08. The zero-order chi connectivity index (χ0) is 13.8. The van der Waals surface area contributed by atoms with Gasteiger partial charge in [0.05, 0.1) is 13.1 Å². The van der Waals surface area contributed by atoms with E-state index in [-0.39, 0.29) is 30.7 Å². The zero-order valence-electron chi connectivity index (χ0n) is 10.5. The summed E-state index contributed by atoms with van der Waals surface area (Å²) in [6, 6.07) is 4.39. The van der Waals surface area contributed by atoms with Crippen molar-refractivity contribution in [1.29, 1.82) is 0 Å². The molecule has 1 aliphatic heterocycles. The average molecular weight is 265 g/mol. The van der Waals surface area contributed by atoms with E-state index in [9.17, 15) is 14.0 Å². The standard InChI is InChI=1S/C13H16FN3O2/c14-10-3-4-11-9(6-10)2-1-5-17(11)13(19)8-16-12(18)7-15/h3-4,6H,1-2,5,7-8,15H2,(H,16,18). The number of hydrogen-bond donors (Lipinski definition) is 2. The molecular formula is C13H16FN3O2. The molecule has 1 aliphatic rings. The Morgan fingerprint density at radius 2 is 2.21 bits per heavy atom. The number of benzene rings is 1. The maximum Gasteiger partial charge on any atom is 0.246 e. The molecule has 1 heterocycles. The fraction of sp³-hybridized carbons (Fsp3) is 0.385. The van der Waals surface area contributed by atoms with Gasteiger partial charge in [-0.15, -0.1) is 0 Å². The van der Waals surface area contributed by atoms with Crippen LogP contribution in [0.25, 0.3) is 0 Å². The summed E-state index contributed by atoms with van der Waals surface area (Å²) < 4.78 is 13.1. The van der Waals surface area contributed by atoms with Crippen molar-refractivity contribution in [3.63, 3.8) is 0 Å². The van der Waals surface area contributed by atoms with Crippen LogP contribution in [0.5, 0.6) is 0 Å². The highest BCUT2D eigenvalue weighted by atomic mass is 19.1. The number of halogens is 1. The molecule has 0 saturated carbocycles. The molecule has 2 rings (SSSR count). The van der Waals surface area contributed by atoms with Gasteiger partial charge in [-0.3, -0.25) is 9.59 Å². The first-order chi connectivity index (χ1) is 9.11. The molecule has 5 nitrogen and oxygen atoms in total. The largest absolute Gasteiger partial charge is 0.346 e. The molecule has 102 valence electrons. The third-order valence-corrected chi connectivity index (χ3v) is 3.08. The van der Waals surface area contributed by atoms with Crippen molar-refractivity contribution in [2.75, 3.05) is 24.5 Å². The molecule has 0 saturated heterocycles. The van der Waals surface area contributed by atoms with Crippen LogP contribution in [0.2, 0.25) is 0 Å². The van der Waals surface area contributed by atoms with E-state index in [0.717, 1.165) is 24.1 Å². The summed E-state index contributed by atoms with van der Waals surface area (Å²) >= 11 is 0. The number of aryl methyl sites for hydroxylation is 1. The Kier molecular flexibility index (Phi) is 4.11. The molecule has 6 heteroatoms. The van der Waals surface area contributed by atoms with Crippen molar-refractivity contribution in [1.82, 2.24) is 5.32 Å². The first-order valence-corrected chi connectivity index (χ1v) is 6.17. The third-order valence-electron chi connectivity index (χ3n) is 3.08. The fourth-order valence-electron chi connectivity index (χ4n) is 2.17. The van der Waals surface area contributed by atoms with E-state index in [4.69, 9.17) is 5.73 Å². The number of hydrogen-bond acceptors (Lipinski definition) is 3. The summed E-state index contributed by atoms with van der Waals surface area (Å²) in [4.78, 5) is 24.7. The van der Waals surface area contributed by atoms with E-state index < -0.39 is 0 Å². The Hall–Kier alpha value is -1.95. The summed E-state index contributed by atoms with van der Waals surface area (Å²) in [6.07, 6.45) is 1.54. The van der Waals surface area contributed by atoms with Crippen LogP contribution in [0.1, 0.15) is 12.0 Å². The van der Waals surface area contributed by atoms with Crippen molar-refractivity contribution in [2.45, 2.75) is 12.8 Å². The number of carbonyl (C=O) groups is 2. The van der Waals surface area contributed by atoms with Gasteiger partial charge in [0, 0.05) is 12.2 Å².